The number of aromatic nitrogens is 1. The van der Waals surface area contributed by atoms with Crippen LogP contribution >= 0.6 is 0 Å². The van der Waals surface area contributed by atoms with E-state index in [2.05, 4.69) is 0 Å². The van der Waals surface area contributed by atoms with Crippen LogP contribution in [0, 0.1) is 0 Å². The molecule has 0 spiro atoms. The van der Waals surface area contributed by atoms with Crippen molar-refractivity contribution in [3.8, 4) is 0 Å². The van der Waals surface area contributed by atoms with E-state index >= 15 is 0 Å². The first-order valence-corrected chi connectivity index (χ1v) is 4.24. The molecule has 2 N–H and O–H groups in total. The van der Waals surface area contributed by atoms with Crippen LogP contribution in [-0.2, 0) is 6.54 Å². The van der Waals surface area contributed by atoms with Crippen molar-refractivity contribution in [2.24, 2.45) is 0 Å². The standard InChI is InChI=1S/C9H13NO3/c11-6-2-1-4-10-5-3-8(7-10)9(12)13/h3,5,7,11H,1-2,4,6H2,(H,12,13). The zero-order valence-electron chi connectivity index (χ0n) is 7.31. The first kappa shape index (κ1) is 9.80. The average Bonchev–Trinajstić information content (AvgIpc) is 2.53. The predicted octanol–water partition coefficient (Wildman–Crippen LogP) is 0.959. The molecule has 0 saturated heterocycles. The molecule has 1 heterocycles. The van der Waals surface area contributed by atoms with Crippen LogP contribution in [0.2, 0.25) is 0 Å². The Hall–Kier alpha value is -1.29. The number of rotatable bonds is 5. The summed E-state index contributed by atoms with van der Waals surface area (Å²) in [4.78, 5) is 10.5. The summed E-state index contributed by atoms with van der Waals surface area (Å²) in [7, 11) is 0. The van der Waals surface area contributed by atoms with Crippen LogP contribution < -0.4 is 0 Å². The number of carboxylic acids is 1. The van der Waals surface area contributed by atoms with E-state index in [1.54, 1.807) is 18.5 Å². The molecule has 0 amide bonds. The zero-order chi connectivity index (χ0) is 9.68. The molecular formula is C9H13NO3. The number of carboxylic acid groups (broad SMARTS) is 1. The second-order valence-corrected chi connectivity index (χ2v) is 2.87. The van der Waals surface area contributed by atoms with Crippen molar-refractivity contribution in [2.45, 2.75) is 19.4 Å². The van der Waals surface area contributed by atoms with Crippen molar-refractivity contribution in [3.63, 3.8) is 0 Å². The first-order valence-electron chi connectivity index (χ1n) is 4.24. The van der Waals surface area contributed by atoms with Crippen LogP contribution in [0.3, 0.4) is 0 Å². The maximum absolute atomic E-state index is 10.5. The highest BCUT2D eigenvalue weighted by Gasteiger charge is 2.03. The lowest BCUT2D eigenvalue weighted by Crippen LogP contribution is -1.97. The zero-order valence-corrected chi connectivity index (χ0v) is 7.31. The van der Waals surface area contributed by atoms with Gasteiger partial charge in [-0.3, -0.25) is 0 Å². The molecule has 0 bridgehead atoms. The molecule has 0 fully saturated rings. The molecule has 4 nitrogen and oxygen atoms in total. The number of aliphatic hydroxyl groups is 1. The fourth-order valence-corrected chi connectivity index (χ4v) is 1.11. The van der Waals surface area contributed by atoms with E-state index in [0.29, 0.717) is 5.56 Å². The second kappa shape index (κ2) is 4.67. The lowest BCUT2D eigenvalue weighted by Gasteiger charge is -1.99. The Kier molecular flexibility index (Phi) is 3.52. The smallest absolute Gasteiger partial charge is 0.337 e. The van der Waals surface area contributed by atoms with E-state index in [0.717, 1.165) is 19.4 Å². The molecule has 1 aromatic rings. The lowest BCUT2D eigenvalue weighted by atomic mass is 10.3. The number of unbranched alkanes of at least 4 members (excludes halogenated alkanes) is 1. The summed E-state index contributed by atoms with van der Waals surface area (Å²) < 4.78 is 1.82. The third kappa shape index (κ3) is 2.91. The van der Waals surface area contributed by atoms with E-state index in [1.165, 1.54) is 0 Å². The molecule has 0 aliphatic rings. The maximum Gasteiger partial charge on any atom is 0.337 e. The molecule has 1 rings (SSSR count). The van der Waals surface area contributed by atoms with Gasteiger partial charge >= 0.3 is 5.97 Å². The van der Waals surface area contributed by atoms with Crippen LogP contribution in [-0.4, -0.2) is 27.4 Å². The molecule has 0 atom stereocenters. The van der Waals surface area contributed by atoms with Gasteiger partial charge in [-0.15, -0.1) is 0 Å². The van der Waals surface area contributed by atoms with Gasteiger partial charge in [-0.2, -0.15) is 0 Å². The van der Waals surface area contributed by atoms with Crippen LogP contribution in [0.15, 0.2) is 18.5 Å². The number of aliphatic hydroxyl groups excluding tert-OH is 1. The Morgan fingerprint density at radius 3 is 2.77 bits per heavy atom. The summed E-state index contributed by atoms with van der Waals surface area (Å²) in [6, 6.07) is 1.57. The van der Waals surface area contributed by atoms with Gasteiger partial charge in [0, 0.05) is 25.5 Å². The Morgan fingerprint density at radius 1 is 1.46 bits per heavy atom. The van der Waals surface area contributed by atoms with Gasteiger partial charge < -0.3 is 14.8 Å². The summed E-state index contributed by atoms with van der Waals surface area (Å²) in [5.41, 5.74) is 0.309. The first-order chi connectivity index (χ1) is 6.24. The van der Waals surface area contributed by atoms with Gasteiger partial charge in [0.15, 0.2) is 0 Å². The lowest BCUT2D eigenvalue weighted by molar-refractivity contribution is 0.0697. The van der Waals surface area contributed by atoms with Crippen molar-refractivity contribution >= 4 is 5.97 Å². The number of carbonyl (C=O) groups is 1. The third-order valence-corrected chi connectivity index (χ3v) is 1.82. The number of nitrogens with zero attached hydrogens (tertiary/aromatic N) is 1. The Bertz CT molecular complexity index is 280. The molecule has 13 heavy (non-hydrogen) atoms. The van der Waals surface area contributed by atoms with Crippen LogP contribution in [0.5, 0.6) is 0 Å². The molecular weight excluding hydrogens is 170 g/mol. The van der Waals surface area contributed by atoms with E-state index < -0.39 is 5.97 Å². The Morgan fingerprint density at radius 2 is 2.23 bits per heavy atom. The van der Waals surface area contributed by atoms with E-state index in [-0.39, 0.29) is 6.61 Å². The molecule has 72 valence electrons. The summed E-state index contributed by atoms with van der Waals surface area (Å²) in [6.07, 6.45) is 4.95. The summed E-state index contributed by atoms with van der Waals surface area (Å²) in [6.45, 7) is 0.945. The molecule has 0 aliphatic carbocycles. The van der Waals surface area contributed by atoms with Gasteiger partial charge in [0.05, 0.1) is 5.56 Å². The molecule has 0 radical (unpaired) electrons. The van der Waals surface area contributed by atoms with Gasteiger partial charge in [0.2, 0.25) is 0 Å². The van der Waals surface area contributed by atoms with Crippen LogP contribution in [0.1, 0.15) is 23.2 Å². The highest BCUT2D eigenvalue weighted by Crippen LogP contribution is 2.02. The Balaban J connectivity index is 2.44. The number of hydrogen-bond donors (Lipinski definition) is 2. The third-order valence-electron chi connectivity index (χ3n) is 1.82. The van der Waals surface area contributed by atoms with Gasteiger partial charge in [0.1, 0.15) is 0 Å². The SMILES string of the molecule is O=C(O)c1ccn(CCCCO)c1. The fourth-order valence-electron chi connectivity index (χ4n) is 1.11. The van der Waals surface area contributed by atoms with Crippen molar-refractivity contribution < 1.29 is 15.0 Å². The molecule has 0 saturated carbocycles. The number of aromatic carboxylic acids is 1. The molecule has 0 unspecified atom stereocenters. The summed E-state index contributed by atoms with van der Waals surface area (Å²) in [5.74, 6) is -0.902. The normalized spacial score (nSPS) is 10.2. The van der Waals surface area contributed by atoms with Gasteiger partial charge in [-0.1, -0.05) is 0 Å². The summed E-state index contributed by atoms with van der Waals surface area (Å²) in [5, 5.41) is 17.2. The van der Waals surface area contributed by atoms with Gasteiger partial charge in [0.25, 0.3) is 0 Å². The second-order valence-electron chi connectivity index (χ2n) is 2.87. The van der Waals surface area contributed by atoms with Crippen molar-refractivity contribution in [1.82, 2.24) is 4.57 Å². The van der Waals surface area contributed by atoms with Crippen LogP contribution in [0.4, 0.5) is 0 Å². The van der Waals surface area contributed by atoms with Crippen LogP contribution in [0.25, 0.3) is 0 Å². The average molecular weight is 183 g/mol. The highest BCUT2D eigenvalue weighted by molar-refractivity contribution is 5.87. The quantitative estimate of drug-likeness (QED) is 0.668. The van der Waals surface area contributed by atoms with Crippen molar-refractivity contribution in [1.29, 1.82) is 0 Å². The van der Waals surface area contributed by atoms with E-state index in [9.17, 15) is 4.79 Å². The van der Waals surface area contributed by atoms with E-state index in [4.69, 9.17) is 10.2 Å². The minimum Gasteiger partial charge on any atom is -0.478 e. The number of aryl methyl sites for hydroxylation is 1. The number of hydrogen-bond acceptors (Lipinski definition) is 2. The topological polar surface area (TPSA) is 62.5 Å². The van der Waals surface area contributed by atoms with Crippen molar-refractivity contribution in [2.75, 3.05) is 6.61 Å². The van der Waals surface area contributed by atoms with Gasteiger partial charge in [-0.05, 0) is 18.9 Å². The minimum atomic E-state index is -0.902. The maximum atomic E-state index is 10.5. The molecule has 0 aliphatic heterocycles. The Labute approximate surface area is 76.4 Å². The van der Waals surface area contributed by atoms with E-state index in [1.807, 2.05) is 4.57 Å². The molecule has 4 heteroatoms. The highest BCUT2D eigenvalue weighted by atomic mass is 16.4. The fraction of sp³-hybridized carbons (Fsp3) is 0.444. The monoisotopic (exact) mass is 183 g/mol. The molecule has 1 aromatic heterocycles. The molecule has 0 aromatic carbocycles. The predicted molar refractivity (Wildman–Crippen MR) is 47.7 cm³/mol. The van der Waals surface area contributed by atoms with Crippen molar-refractivity contribution in [3.05, 3.63) is 24.0 Å². The summed E-state index contributed by atoms with van der Waals surface area (Å²) >= 11 is 0. The minimum absolute atomic E-state index is 0.188. The van der Waals surface area contributed by atoms with Gasteiger partial charge in [-0.25, -0.2) is 4.79 Å². The largest absolute Gasteiger partial charge is 0.478 e.